The number of aryl methyl sites for hydroxylation is 2. The standard InChI is InChI=1S/C21H20N2O2/c1-14-9-10-18(13-15(14)2)21(25)16(3)23-20(24)12-11-19(22-23)17-7-5-4-6-8-17/h4-13,16H,1-3H3/t16-/m0/s1. The van der Waals surface area contributed by atoms with Crippen LogP contribution in [0, 0.1) is 13.8 Å². The van der Waals surface area contributed by atoms with Gasteiger partial charge in [-0.05, 0) is 44.0 Å². The van der Waals surface area contributed by atoms with Crippen molar-refractivity contribution in [2.24, 2.45) is 0 Å². The Labute approximate surface area is 146 Å². The Hall–Kier alpha value is -3.01. The van der Waals surface area contributed by atoms with E-state index in [4.69, 9.17) is 0 Å². The highest BCUT2D eigenvalue weighted by Crippen LogP contribution is 2.18. The van der Waals surface area contributed by atoms with Crippen molar-refractivity contribution >= 4 is 5.78 Å². The van der Waals surface area contributed by atoms with E-state index in [1.54, 1.807) is 19.1 Å². The van der Waals surface area contributed by atoms with Gasteiger partial charge in [0, 0.05) is 17.2 Å². The molecule has 0 radical (unpaired) electrons. The van der Waals surface area contributed by atoms with E-state index in [0.717, 1.165) is 16.7 Å². The van der Waals surface area contributed by atoms with Gasteiger partial charge < -0.3 is 0 Å². The van der Waals surface area contributed by atoms with Gasteiger partial charge in [-0.25, -0.2) is 4.68 Å². The molecule has 0 aliphatic heterocycles. The number of aromatic nitrogens is 2. The van der Waals surface area contributed by atoms with Crippen LogP contribution in [-0.4, -0.2) is 15.6 Å². The summed E-state index contributed by atoms with van der Waals surface area (Å²) in [5, 5.41) is 4.41. The summed E-state index contributed by atoms with van der Waals surface area (Å²) in [4.78, 5) is 25.1. The van der Waals surface area contributed by atoms with Crippen LogP contribution in [0.4, 0.5) is 0 Å². The minimum absolute atomic E-state index is 0.122. The van der Waals surface area contributed by atoms with E-state index in [0.29, 0.717) is 11.3 Å². The molecule has 3 aromatic rings. The third-order valence-corrected chi connectivity index (χ3v) is 4.43. The highest BCUT2D eigenvalue weighted by atomic mass is 16.1. The van der Waals surface area contributed by atoms with Crippen LogP contribution in [0.3, 0.4) is 0 Å². The molecule has 0 saturated carbocycles. The highest BCUT2D eigenvalue weighted by Gasteiger charge is 2.20. The summed E-state index contributed by atoms with van der Waals surface area (Å²) >= 11 is 0. The number of carbonyl (C=O) groups is 1. The molecule has 3 rings (SSSR count). The average Bonchev–Trinajstić information content (AvgIpc) is 2.64. The summed E-state index contributed by atoms with van der Waals surface area (Å²) < 4.78 is 1.26. The first-order valence-corrected chi connectivity index (χ1v) is 8.24. The molecule has 126 valence electrons. The number of nitrogens with zero attached hydrogens (tertiary/aromatic N) is 2. The molecular formula is C21H20N2O2. The van der Waals surface area contributed by atoms with E-state index in [9.17, 15) is 9.59 Å². The van der Waals surface area contributed by atoms with E-state index in [-0.39, 0.29) is 11.3 Å². The van der Waals surface area contributed by atoms with Crippen molar-refractivity contribution in [1.82, 2.24) is 9.78 Å². The zero-order valence-electron chi connectivity index (χ0n) is 14.6. The first-order valence-electron chi connectivity index (χ1n) is 8.24. The predicted molar refractivity (Wildman–Crippen MR) is 98.9 cm³/mol. The SMILES string of the molecule is Cc1ccc(C(=O)[C@H](C)n2nc(-c3ccccc3)ccc2=O)cc1C. The molecule has 0 amide bonds. The number of hydrogen-bond donors (Lipinski definition) is 0. The maximum Gasteiger partial charge on any atom is 0.267 e. The summed E-state index contributed by atoms with van der Waals surface area (Å²) in [7, 11) is 0. The first kappa shape index (κ1) is 16.8. The van der Waals surface area contributed by atoms with Crippen molar-refractivity contribution in [2.45, 2.75) is 26.8 Å². The van der Waals surface area contributed by atoms with E-state index >= 15 is 0 Å². The summed E-state index contributed by atoms with van der Waals surface area (Å²) in [6.45, 7) is 5.68. The number of rotatable bonds is 4. The van der Waals surface area contributed by atoms with Crippen LogP contribution in [0.25, 0.3) is 11.3 Å². The molecule has 0 unspecified atom stereocenters. The van der Waals surface area contributed by atoms with Crippen LogP contribution in [0.5, 0.6) is 0 Å². The van der Waals surface area contributed by atoms with Gasteiger partial charge >= 0.3 is 0 Å². The molecule has 1 atom stereocenters. The van der Waals surface area contributed by atoms with Crippen molar-refractivity contribution in [3.63, 3.8) is 0 Å². The fourth-order valence-corrected chi connectivity index (χ4v) is 2.71. The third-order valence-electron chi connectivity index (χ3n) is 4.43. The van der Waals surface area contributed by atoms with Crippen molar-refractivity contribution < 1.29 is 4.79 Å². The lowest BCUT2D eigenvalue weighted by atomic mass is 10.0. The van der Waals surface area contributed by atoms with Crippen molar-refractivity contribution in [2.75, 3.05) is 0 Å². The third kappa shape index (κ3) is 3.43. The predicted octanol–water partition coefficient (Wildman–Crippen LogP) is 3.97. The Morgan fingerprint density at radius 3 is 2.36 bits per heavy atom. The molecule has 0 aliphatic rings. The van der Waals surface area contributed by atoms with Crippen molar-refractivity contribution in [3.05, 3.63) is 87.7 Å². The zero-order valence-corrected chi connectivity index (χ0v) is 14.6. The topological polar surface area (TPSA) is 52.0 Å². The number of ketones is 1. The lowest BCUT2D eigenvalue weighted by molar-refractivity contribution is 0.0925. The van der Waals surface area contributed by atoms with Crippen molar-refractivity contribution in [3.8, 4) is 11.3 Å². The second kappa shape index (κ2) is 6.85. The fourth-order valence-electron chi connectivity index (χ4n) is 2.71. The Kier molecular flexibility index (Phi) is 4.61. The second-order valence-electron chi connectivity index (χ2n) is 6.21. The van der Waals surface area contributed by atoms with E-state index in [1.807, 2.05) is 56.3 Å². The zero-order chi connectivity index (χ0) is 18.0. The molecular weight excluding hydrogens is 312 g/mol. The maximum atomic E-state index is 12.8. The van der Waals surface area contributed by atoms with Crippen LogP contribution in [0.2, 0.25) is 0 Å². The van der Waals surface area contributed by atoms with Gasteiger partial charge in [0.15, 0.2) is 5.78 Å². The van der Waals surface area contributed by atoms with Gasteiger partial charge in [0.05, 0.1) is 5.69 Å². The minimum Gasteiger partial charge on any atom is -0.292 e. The molecule has 0 N–H and O–H groups in total. The smallest absolute Gasteiger partial charge is 0.267 e. The Morgan fingerprint density at radius 1 is 0.960 bits per heavy atom. The fraction of sp³-hybridized carbons (Fsp3) is 0.190. The molecule has 0 saturated heterocycles. The van der Waals surface area contributed by atoms with Crippen LogP contribution < -0.4 is 5.56 Å². The normalized spacial score (nSPS) is 12.0. The number of Topliss-reactive ketones (excluding diaryl/α,β-unsaturated/α-hetero) is 1. The van der Waals surface area contributed by atoms with Gasteiger partial charge in [0.1, 0.15) is 6.04 Å². The molecule has 4 heteroatoms. The van der Waals surface area contributed by atoms with Gasteiger partial charge in [0.2, 0.25) is 0 Å². The number of benzene rings is 2. The minimum atomic E-state index is -0.668. The Bertz CT molecular complexity index is 975. The van der Waals surface area contributed by atoms with Crippen LogP contribution in [0.15, 0.2) is 65.5 Å². The van der Waals surface area contributed by atoms with Crippen LogP contribution >= 0.6 is 0 Å². The van der Waals surface area contributed by atoms with E-state index in [2.05, 4.69) is 5.10 Å². The molecule has 0 spiro atoms. The molecule has 0 aliphatic carbocycles. The summed E-state index contributed by atoms with van der Waals surface area (Å²) in [6.07, 6.45) is 0. The summed E-state index contributed by atoms with van der Waals surface area (Å²) in [5.41, 5.74) is 4.06. The van der Waals surface area contributed by atoms with Crippen LogP contribution in [-0.2, 0) is 0 Å². The molecule has 1 aromatic heterocycles. The average molecular weight is 332 g/mol. The second-order valence-corrected chi connectivity index (χ2v) is 6.21. The van der Waals surface area contributed by atoms with Gasteiger partial charge in [-0.2, -0.15) is 5.10 Å². The van der Waals surface area contributed by atoms with Gasteiger partial charge in [-0.1, -0.05) is 42.5 Å². The maximum absolute atomic E-state index is 12.8. The van der Waals surface area contributed by atoms with Crippen LogP contribution in [0.1, 0.15) is 34.5 Å². The van der Waals surface area contributed by atoms with Gasteiger partial charge in [-0.15, -0.1) is 0 Å². The quantitative estimate of drug-likeness (QED) is 0.679. The summed E-state index contributed by atoms with van der Waals surface area (Å²) in [5.74, 6) is -0.122. The Balaban J connectivity index is 1.99. The van der Waals surface area contributed by atoms with Gasteiger partial charge in [0.25, 0.3) is 5.56 Å². The van der Waals surface area contributed by atoms with E-state index < -0.39 is 6.04 Å². The van der Waals surface area contributed by atoms with E-state index in [1.165, 1.54) is 10.7 Å². The first-order chi connectivity index (χ1) is 12.0. The van der Waals surface area contributed by atoms with Gasteiger partial charge in [-0.3, -0.25) is 9.59 Å². The monoisotopic (exact) mass is 332 g/mol. The number of hydrogen-bond acceptors (Lipinski definition) is 3. The number of carbonyl (C=O) groups excluding carboxylic acids is 1. The molecule has 2 aromatic carbocycles. The lowest BCUT2D eigenvalue weighted by Gasteiger charge is -2.15. The largest absolute Gasteiger partial charge is 0.292 e. The summed E-state index contributed by atoms with van der Waals surface area (Å²) in [6, 6.07) is 17.6. The molecule has 4 nitrogen and oxygen atoms in total. The molecule has 0 bridgehead atoms. The van der Waals surface area contributed by atoms with Crippen molar-refractivity contribution in [1.29, 1.82) is 0 Å². The lowest BCUT2D eigenvalue weighted by Crippen LogP contribution is -2.30. The molecule has 1 heterocycles. The molecule has 25 heavy (non-hydrogen) atoms. The highest BCUT2D eigenvalue weighted by molar-refractivity contribution is 5.98. The Morgan fingerprint density at radius 2 is 1.68 bits per heavy atom. The molecule has 0 fully saturated rings.